The minimum Gasteiger partial charge on any atom is -0.359 e. The standard InChI is InChI=1S/C26H34ClFN4O/c1-26(2,3)25(33)31-14-15-32(23-9-8-21(27)16-22(23)28)24(18-31)20-6-4-19(5-7-20)17-30-12-10-29-11-13-30/h4-9,16,24,29H,10-15,17-18H2,1-3H3/t24-/m0/s1. The van der Waals surface area contributed by atoms with Gasteiger partial charge in [0.05, 0.1) is 11.7 Å². The van der Waals surface area contributed by atoms with E-state index in [4.69, 9.17) is 11.6 Å². The van der Waals surface area contributed by atoms with Crippen LogP contribution in [0.2, 0.25) is 5.02 Å². The molecule has 1 amide bonds. The van der Waals surface area contributed by atoms with E-state index >= 15 is 0 Å². The van der Waals surface area contributed by atoms with Gasteiger partial charge in [0, 0.05) is 62.8 Å². The van der Waals surface area contributed by atoms with Gasteiger partial charge in [-0.05, 0) is 29.3 Å². The maximum Gasteiger partial charge on any atom is 0.228 e. The van der Waals surface area contributed by atoms with Gasteiger partial charge in [-0.25, -0.2) is 4.39 Å². The highest BCUT2D eigenvalue weighted by Crippen LogP contribution is 2.35. The molecule has 0 bridgehead atoms. The molecular formula is C26H34ClFN4O. The van der Waals surface area contributed by atoms with Crippen molar-refractivity contribution in [2.75, 3.05) is 50.7 Å². The largest absolute Gasteiger partial charge is 0.359 e. The number of nitrogens with zero attached hydrogens (tertiary/aromatic N) is 3. The molecule has 178 valence electrons. The first-order valence-corrected chi connectivity index (χ1v) is 12.1. The Labute approximate surface area is 201 Å². The molecule has 0 spiro atoms. The lowest BCUT2D eigenvalue weighted by Crippen LogP contribution is -2.53. The van der Waals surface area contributed by atoms with E-state index in [1.165, 1.54) is 11.6 Å². The maximum absolute atomic E-state index is 14.9. The molecule has 2 heterocycles. The predicted octanol–water partition coefficient (Wildman–Crippen LogP) is 4.32. The predicted molar refractivity (Wildman–Crippen MR) is 132 cm³/mol. The van der Waals surface area contributed by atoms with Crippen molar-refractivity contribution in [3.05, 3.63) is 64.4 Å². The van der Waals surface area contributed by atoms with Gasteiger partial charge in [-0.1, -0.05) is 56.6 Å². The number of halogens is 2. The molecule has 33 heavy (non-hydrogen) atoms. The normalized spacial score (nSPS) is 20.2. The van der Waals surface area contributed by atoms with Crippen LogP contribution in [0.25, 0.3) is 0 Å². The van der Waals surface area contributed by atoms with Crippen molar-refractivity contribution >= 4 is 23.2 Å². The van der Waals surface area contributed by atoms with E-state index in [2.05, 4.69) is 39.4 Å². The number of piperazine rings is 2. The second-order valence-corrected chi connectivity index (χ2v) is 10.5. The second kappa shape index (κ2) is 10.00. The summed E-state index contributed by atoms with van der Waals surface area (Å²) in [5.74, 6) is -0.211. The first-order valence-electron chi connectivity index (χ1n) is 11.8. The summed E-state index contributed by atoms with van der Waals surface area (Å²) < 4.78 is 14.9. The molecule has 0 unspecified atom stereocenters. The van der Waals surface area contributed by atoms with E-state index in [0.29, 0.717) is 30.3 Å². The Morgan fingerprint density at radius 1 is 1.06 bits per heavy atom. The van der Waals surface area contributed by atoms with Gasteiger partial charge in [0.15, 0.2) is 0 Å². The van der Waals surface area contributed by atoms with Crippen LogP contribution in [0.15, 0.2) is 42.5 Å². The Balaban J connectivity index is 1.59. The minimum atomic E-state index is -0.453. The molecule has 7 heteroatoms. The molecule has 2 aromatic rings. The number of rotatable bonds is 4. The molecule has 1 atom stereocenters. The summed E-state index contributed by atoms with van der Waals surface area (Å²) in [6.45, 7) is 12.6. The van der Waals surface area contributed by atoms with Crippen molar-refractivity contribution in [3.8, 4) is 0 Å². The van der Waals surface area contributed by atoms with Crippen molar-refractivity contribution < 1.29 is 9.18 Å². The third-order valence-electron chi connectivity index (χ3n) is 6.51. The molecule has 2 aliphatic rings. The monoisotopic (exact) mass is 472 g/mol. The zero-order chi connectivity index (χ0) is 23.6. The SMILES string of the molecule is CC(C)(C)C(=O)N1CCN(c2ccc(Cl)cc2F)[C@H](c2ccc(CN3CCNCC3)cc2)C1. The van der Waals surface area contributed by atoms with E-state index in [9.17, 15) is 9.18 Å². The van der Waals surface area contributed by atoms with E-state index in [0.717, 1.165) is 38.3 Å². The highest BCUT2D eigenvalue weighted by Gasteiger charge is 2.35. The van der Waals surface area contributed by atoms with Crippen molar-refractivity contribution in [2.24, 2.45) is 5.41 Å². The molecule has 2 aliphatic heterocycles. The lowest BCUT2D eigenvalue weighted by atomic mass is 9.92. The molecule has 0 aliphatic carbocycles. The minimum absolute atomic E-state index is 0.124. The fraction of sp³-hybridized carbons (Fsp3) is 0.500. The molecule has 5 nitrogen and oxygen atoms in total. The summed E-state index contributed by atoms with van der Waals surface area (Å²) in [6.07, 6.45) is 0. The third-order valence-corrected chi connectivity index (χ3v) is 6.74. The Kier molecular flexibility index (Phi) is 7.27. The average Bonchev–Trinajstić information content (AvgIpc) is 2.79. The molecule has 0 radical (unpaired) electrons. The highest BCUT2D eigenvalue weighted by atomic mass is 35.5. The fourth-order valence-corrected chi connectivity index (χ4v) is 4.86. The summed E-state index contributed by atoms with van der Waals surface area (Å²) in [6, 6.07) is 13.3. The van der Waals surface area contributed by atoms with E-state index in [1.807, 2.05) is 25.7 Å². The maximum atomic E-state index is 14.9. The van der Waals surface area contributed by atoms with Crippen LogP contribution in [0.4, 0.5) is 10.1 Å². The van der Waals surface area contributed by atoms with Crippen LogP contribution < -0.4 is 10.2 Å². The van der Waals surface area contributed by atoms with Gasteiger partial charge in [-0.2, -0.15) is 0 Å². The van der Waals surface area contributed by atoms with Gasteiger partial charge in [0.1, 0.15) is 5.82 Å². The molecule has 1 N–H and O–H groups in total. The third kappa shape index (κ3) is 5.68. The lowest BCUT2D eigenvalue weighted by Gasteiger charge is -2.44. The molecule has 2 saturated heterocycles. The van der Waals surface area contributed by atoms with E-state index in [1.54, 1.807) is 12.1 Å². The van der Waals surface area contributed by atoms with Crippen LogP contribution >= 0.6 is 11.6 Å². The smallest absolute Gasteiger partial charge is 0.228 e. The summed E-state index contributed by atoms with van der Waals surface area (Å²) in [5.41, 5.74) is 2.42. The van der Waals surface area contributed by atoms with Gasteiger partial charge in [0.2, 0.25) is 5.91 Å². The first-order chi connectivity index (χ1) is 15.7. The number of amides is 1. The topological polar surface area (TPSA) is 38.8 Å². The number of benzene rings is 2. The van der Waals surface area contributed by atoms with E-state index in [-0.39, 0.29) is 17.8 Å². The highest BCUT2D eigenvalue weighted by molar-refractivity contribution is 6.30. The number of anilines is 1. The first kappa shape index (κ1) is 24.0. The van der Waals surface area contributed by atoms with Crippen LogP contribution in [0.1, 0.15) is 37.9 Å². The summed E-state index contributed by atoms with van der Waals surface area (Å²) in [4.78, 5) is 19.5. The van der Waals surface area contributed by atoms with Crippen molar-refractivity contribution in [2.45, 2.75) is 33.4 Å². The molecule has 2 aromatic carbocycles. The number of hydrogen-bond donors (Lipinski definition) is 1. The van der Waals surface area contributed by atoms with Gasteiger partial charge in [-0.15, -0.1) is 0 Å². The molecule has 0 aromatic heterocycles. The Bertz CT molecular complexity index is 969. The van der Waals surface area contributed by atoms with Crippen molar-refractivity contribution in [1.29, 1.82) is 0 Å². The zero-order valence-corrected chi connectivity index (χ0v) is 20.5. The van der Waals surface area contributed by atoms with E-state index < -0.39 is 5.41 Å². The summed E-state index contributed by atoms with van der Waals surface area (Å²) in [5, 5.41) is 3.77. The van der Waals surface area contributed by atoms with Crippen molar-refractivity contribution in [1.82, 2.24) is 15.1 Å². The van der Waals surface area contributed by atoms with Crippen LogP contribution in [0.5, 0.6) is 0 Å². The van der Waals surface area contributed by atoms with Crippen LogP contribution in [0, 0.1) is 11.2 Å². The Morgan fingerprint density at radius 3 is 2.39 bits per heavy atom. The number of carbonyl (C=O) groups is 1. The quantitative estimate of drug-likeness (QED) is 0.719. The molecular weight excluding hydrogens is 439 g/mol. The van der Waals surface area contributed by atoms with Gasteiger partial charge >= 0.3 is 0 Å². The van der Waals surface area contributed by atoms with Gasteiger partial charge in [-0.3, -0.25) is 9.69 Å². The van der Waals surface area contributed by atoms with Crippen molar-refractivity contribution in [3.63, 3.8) is 0 Å². The average molecular weight is 473 g/mol. The Hall–Kier alpha value is -2.15. The van der Waals surface area contributed by atoms with Crippen LogP contribution in [0.3, 0.4) is 0 Å². The summed E-state index contributed by atoms with van der Waals surface area (Å²) >= 11 is 6.00. The zero-order valence-electron chi connectivity index (χ0n) is 19.8. The van der Waals surface area contributed by atoms with Gasteiger partial charge < -0.3 is 15.1 Å². The molecule has 4 rings (SSSR count). The Morgan fingerprint density at radius 2 is 1.76 bits per heavy atom. The lowest BCUT2D eigenvalue weighted by molar-refractivity contribution is -0.140. The number of nitrogens with one attached hydrogen (secondary N) is 1. The second-order valence-electron chi connectivity index (χ2n) is 10.1. The fourth-order valence-electron chi connectivity index (χ4n) is 4.70. The van der Waals surface area contributed by atoms with Gasteiger partial charge in [0.25, 0.3) is 0 Å². The van der Waals surface area contributed by atoms with Crippen LogP contribution in [-0.4, -0.2) is 61.5 Å². The number of carbonyl (C=O) groups excluding carboxylic acids is 1. The van der Waals surface area contributed by atoms with Crippen LogP contribution in [-0.2, 0) is 11.3 Å². The molecule has 2 fully saturated rings. The summed E-state index contributed by atoms with van der Waals surface area (Å²) in [7, 11) is 0. The molecule has 0 saturated carbocycles. The number of hydrogen-bond acceptors (Lipinski definition) is 4.